The maximum Gasteiger partial charge on any atom is 0.239 e. The summed E-state index contributed by atoms with van der Waals surface area (Å²) in [4.78, 5) is 25.6. The van der Waals surface area contributed by atoms with Gasteiger partial charge < -0.3 is 21.3 Å². The van der Waals surface area contributed by atoms with Gasteiger partial charge in [0.05, 0.1) is 18.1 Å². The lowest BCUT2D eigenvalue weighted by Gasteiger charge is -2.41. The largest absolute Gasteiger partial charge is 0.351 e. The van der Waals surface area contributed by atoms with Crippen LogP contribution in [-0.4, -0.2) is 54.0 Å². The van der Waals surface area contributed by atoms with Crippen LogP contribution in [0.1, 0.15) is 46.5 Å². The van der Waals surface area contributed by atoms with Gasteiger partial charge in [0.2, 0.25) is 11.8 Å². The van der Waals surface area contributed by atoms with Crippen molar-refractivity contribution in [2.75, 3.05) is 13.1 Å². The number of rotatable bonds is 5. The first-order valence-corrected chi connectivity index (χ1v) is 8.45. The van der Waals surface area contributed by atoms with E-state index in [9.17, 15) is 9.59 Å². The lowest BCUT2D eigenvalue weighted by Crippen LogP contribution is -2.58. The Hall–Kier alpha value is -1.14. The smallest absolute Gasteiger partial charge is 0.239 e. The Morgan fingerprint density at radius 3 is 2.64 bits per heavy atom. The van der Waals surface area contributed by atoms with E-state index in [2.05, 4.69) is 24.5 Å². The van der Waals surface area contributed by atoms with Gasteiger partial charge in [-0.25, -0.2) is 0 Å². The maximum atomic E-state index is 12.2. The van der Waals surface area contributed by atoms with E-state index in [4.69, 9.17) is 5.73 Å². The molecule has 0 aromatic rings. The molecule has 1 saturated carbocycles. The van der Waals surface area contributed by atoms with Crippen LogP contribution in [0.15, 0.2) is 0 Å². The lowest BCUT2D eigenvalue weighted by molar-refractivity contribution is -0.133. The summed E-state index contributed by atoms with van der Waals surface area (Å²) in [6.07, 6.45) is 3.54. The molecule has 22 heavy (non-hydrogen) atoms. The number of carbonyl (C=O) groups is 2. The zero-order valence-electron chi connectivity index (χ0n) is 14.0. The molecule has 126 valence electrons. The molecule has 2 amide bonds. The molecule has 0 unspecified atom stereocenters. The molecule has 0 aromatic heterocycles. The topological polar surface area (TPSA) is 87.5 Å². The summed E-state index contributed by atoms with van der Waals surface area (Å²) in [7, 11) is 0. The maximum absolute atomic E-state index is 12.2. The number of nitrogens with one attached hydrogen (secondary N) is 2. The molecular formula is C16H30N4O2. The van der Waals surface area contributed by atoms with Crippen molar-refractivity contribution in [3.05, 3.63) is 0 Å². The van der Waals surface area contributed by atoms with Gasteiger partial charge in [0, 0.05) is 19.5 Å². The molecule has 6 nitrogen and oxygen atoms in total. The highest BCUT2D eigenvalue weighted by atomic mass is 16.2. The summed E-state index contributed by atoms with van der Waals surface area (Å²) in [6.45, 7) is 7.61. The van der Waals surface area contributed by atoms with Gasteiger partial charge in [-0.05, 0) is 38.1 Å². The lowest BCUT2D eigenvalue weighted by atomic mass is 9.85. The number of nitrogens with zero attached hydrogens (tertiary/aromatic N) is 1. The fourth-order valence-corrected chi connectivity index (χ4v) is 3.59. The second-order valence-electron chi connectivity index (χ2n) is 7.11. The number of likely N-dealkylation sites (tertiary alicyclic amines) is 1. The first-order valence-electron chi connectivity index (χ1n) is 8.45. The van der Waals surface area contributed by atoms with Crippen LogP contribution >= 0.6 is 0 Å². The number of amides is 2. The number of hydrogen-bond acceptors (Lipinski definition) is 4. The molecule has 0 aromatic carbocycles. The molecule has 6 heteroatoms. The fourth-order valence-electron chi connectivity index (χ4n) is 3.59. The van der Waals surface area contributed by atoms with Gasteiger partial charge >= 0.3 is 0 Å². The SMILES string of the molecule is CC(=O)N[C@@H]1C[C@H](NCC(C)C)CC[C@@H]1N1CC[C@H](N)C1=O. The Morgan fingerprint density at radius 2 is 2.09 bits per heavy atom. The number of nitrogens with two attached hydrogens (primary N) is 1. The van der Waals surface area contributed by atoms with Crippen molar-refractivity contribution in [3.8, 4) is 0 Å². The van der Waals surface area contributed by atoms with Crippen molar-refractivity contribution in [1.29, 1.82) is 0 Å². The van der Waals surface area contributed by atoms with Crippen molar-refractivity contribution < 1.29 is 9.59 Å². The van der Waals surface area contributed by atoms with Crippen LogP contribution in [-0.2, 0) is 9.59 Å². The van der Waals surface area contributed by atoms with Gasteiger partial charge in [-0.15, -0.1) is 0 Å². The third kappa shape index (κ3) is 4.20. The van der Waals surface area contributed by atoms with Crippen LogP contribution in [0.3, 0.4) is 0 Å². The minimum atomic E-state index is -0.366. The predicted molar refractivity (Wildman–Crippen MR) is 86.2 cm³/mol. The molecule has 2 fully saturated rings. The van der Waals surface area contributed by atoms with Crippen LogP contribution in [0.25, 0.3) is 0 Å². The first-order chi connectivity index (χ1) is 10.4. The van der Waals surface area contributed by atoms with Gasteiger partial charge in [-0.3, -0.25) is 9.59 Å². The Morgan fingerprint density at radius 1 is 1.36 bits per heavy atom. The standard InChI is InChI=1S/C16H30N4O2/c1-10(2)9-18-12-4-5-15(14(8-12)19-11(3)21)20-7-6-13(17)16(20)22/h10,12-15,18H,4-9,17H2,1-3H3,(H,19,21)/t12-,13+,14-,15+/m1/s1. The molecule has 2 aliphatic rings. The first kappa shape index (κ1) is 17.2. The van der Waals surface area contributed by atoms with E-state index < -0.39 is 0 Å². The molecule has 0 spiro atoms. The molecule has 0 radical (unpaired) electrons. The fraction of sp³-hybridized carbons (Fsp3) is 0.875. The minimum absolute atomic E-state index is 0.0187. The van der Waals surface area contributed by atoms with Crippen molar-refractivity contribution in [2.45, 2.75) is 70.6 Å². The van der Waals surface area contributed by atoms with Crippen molar-refractivity contribution in [1.82, 2.24) is 15.5 Å². The Kier molecular flexibility index (Phi) is 5.81. The third-order valence-corrected chi connectivity index (χ3v) is 4.70. The third-order valence-electron chi connectivity index (χ3n) is 4.70. The monoisotopic (exact) mass is 310 g/mol. The quantitative estimate of drug-likeness (QED) is 0.678. The van der Waals surface area contributed by atoms with Crippen LogP contribution in [0.5, 0.6) is 0 Å². The summed E-state index contributed by atoms with van der Waals surface area (Å²) in [5.41, 5.74) is 5.84. The van der Waals surface area contributed by atoms with E-state index in [0.717, 1.165) is 32.2 Å². The van der Waals surface area contributed by atoms with E-state index >= 15 is 0 Å². The van der Waals surface area contributed by atoms with Gasteiger partial charge in [-0.1, -0.05) is 13.8 Å². The van der Waals surface area contributed by atoms with Crippen molar-refractivity contribution >= 4 is 11.8 Å². The molecule has 1 aliphatic heterocycles. The Bertz CT molecular complexity index is 413. The second-order valence-corrected chi connectivity index (χ2v) is 7.11. The summed E-state index contributed by atoms with van der Waals surface area (Å²) >= 11 is 0. The number of carbonyl (C=O) groups excluding carboxylic acids is 2. The van der Waals surface area contributed by atoms with Gasteiger partial charge in [0.1, 0.15) is 0 Å². The Labute approximate surface area is 133 Å². The van der Waals surface area contributed by atoms with Crippen LogP contribution in [0.4, 0.5) is 0 Å². The highest BCUT2D eigenvalue weighted by Crippen LogP contribution is 2.27. The van der Waals surface area contributed by atoms with Crippen molar-refractivity contribution in [3.63, 3.8) is 0 Å². The summed E-state index contributed by atoms with van der Waals surface area (Å²) in [5, 5.41) is 6.62. The van der Waals surface area contributed by atoms with Gasteiger partial charge in [0.15, 0.2) is 0 Å². The van der Waals surface area contributed by atoms with E-state index in [0.29, 0.717) is 18.5 Å². The van der Waals surface area contributed by atoms with Crippen LogP contribution < -0.4 is 16.4 Å². The summed E-state index contributed by atoms with van der Waals surface area (Å²) < 4.78 is 0. The molecule has 4 atom stereocenters. The van der Waals surface area contributed by atoms with Crippen LogP contribution in [0.2, 0.25) is 0 Å². The highest BCUT2D eigenvalue weighted by molar-refractivity contribution is 5.84. The molecule has 0 bridgehead atoms. The zero-order chi connectivity index (χ0) is 16.3. The normalized spacial score (nSPS) is 32.6. The van der Waals surface area contributed by atoms with Gasteiger partial charge in [-0.2, -0.15) is 0 Å². The average Bonchev–Trinajstić information content (AvgIpc) is 2.76. The molecule has 1 aliphatic carbocycles. The van der Waals surface area contributed by atoms with Crippen molar-refractivity contribution in [2.24, 2.45) is 11.7 Å². The van der Waals surface area contributed by atoms with Crippen LogP contribution in [0, 0.1) is 5.92 Å². The molecule has 1 heterocycles. The Balaban J connectivity index is 2.00. The van der Waals surface area contributed by atoms with E-state index in [1.807, 2.05) is 4.90 Å². The summed E-state index contributed by atoms with van der Waals surface area (Å²) in [5.74, 6) is 0.611. The second kappa shape index (κ2) is 7.42. The number of hydrogen-bond donors (Lipinski definition) is 3. The molecule has 2 rings (SSSR count). The molecule has 1 saturated heterocycles. The predicted octanol–water partition coefficient (Wildman–Crippen LogP) is 0.217. The van der Waals surface area contributed by atoms with Gasteiger partial charge in [0.25, 0.3) is 0 Å². The zero-order valence-corrected chi connectivity index (χ0v) is 14.0. The molecule has 4 N–H and O–H groups in total. The summed E-state index contributed by atoms with van der Waals surface area (Å²) in [6, 6.07) is 0.142. The van der Waals surface area contributed by atoms with E-state index in [1.54, 1.807) is 6.92 Å². The average molecular weight is 310 g/mol. The highest BCUT2D eigenvalue weighted by Gasteiger charge is 2.40. The molecular weight excluding hydrogens is 280 g/mol. The minimum Gasteiger partial charge on any atom is -0.351 e. The van der Waals surface area contributed by atoms with E-state index in [1.165, 1.54) is 0 Å². The van der Waals surface area contributed by atoms with E-state index in [-0.39, 0.29) is 29.9 Å².